The predicted octanol–water partition coefficient (Wildman–Crippen LogP) is 3.75. The lowest BCUT2D eigenvalue weighted by atomic mass is 10.1. The highest BCUT2D eigenvalue weighted by Gasteiger charge is 2.27. The summed E-state index contributed by atoms with van der Waals surface area (Å²) in [6.45, 7) is 3.42. The Balaban J connectivity index is 1.73. The van der Waals surface area contributed by atoms with Crippen molar-refractivity contribution in [3.8, 4) is 0 Å². The normalized spacial score (nSPS) is 17.6. The Hall–Kier alpha value is -1.09. The third kappa shape index (κ3) is 1.92. The summed E-state index contributed by atoms with van der Waals surface area (Å²) in [5.74, 6) is 1.76. The number of nitrogens with zero attached hydrogens (tertiary/aromatic N) is 1. The summed E-state index contributed by atoms with van der Waals surface area (Å²) in [5, 5.41) is 6.03. The van der Waals surface area contributed by atoms with Crippen LogP contribution in [-0.2, 0) is 0 Å². The molecule has 0 radical (unpaired) electrons. The first-order valence-corrected chi connectivity index (χ1v) is 6.70. The minimum absolute atomic E-state index is 0.792. The highest BCUT2D eigenvalue weighted by atomic mass is 32.1. The Kier molecular flexibility index (Phi) is 2.56. The first-order valence-electron chi connectivity index (χ1n) is 5.93. The van der Waals surface area contributed by atoms with Gasteiger partial charge in [-0.3, -0.25) is 0 Å². The Morgan fingerprint density at radius 1 is 1.44 bits per heavy atom. The number of nitrogens with one attached hydrogen (secondary N) is 1. The van der Waals surface area contributed by atoms with Crippen LogP contribution in [-0.4, -0.2) is 10.9 Å². The van der Waals surface area contributed by atoms with E-state index in [-0.39, 0.29) is 0 Å². The van der Waals surface area contributed by atoms with Crippen molar-refractivity contribution in [2.45, 2.75) is 19.8 Å². The second-order valence-corrected chi connectivity index (χ2v) is 5.50. The summed E-state index contributed by atoms with van der Waals surface area (Å²) < 4.78 is 4.44. The van der Waals surface area contributed by atoms with Gasteiger partial charge in [-0.2, -0.15) is 4.37 Å². The van der Waals surface area contributed by atoms with Crippen LogP contribution in [0.4, 0.5) is 5.00 Å². The highest BCUT2D eigenvalue weighted by molar-refractivity contribution is 7.11. The third-order valence-electron chi connectivity index (χ3n) is 3.40. The van der Waals surface area contributed by atoms with Crippen molar-refractivity contribution in [3.05, 3.63) is 24.3 Å². The van der Waals surface area contributed by atoms with Crippen LogP contribution in [0.5, 0.6) is 0 Å². The third-order valence-corrected chi connectivity index (χ3v) is 4.23. The van der Waals surface area contributed by atoms with Crippen LogP contribution in [0.15, 0.2) is 24.3 Å². The molecular formula is C13H16N2S. The molecule has 1 aliphatic rings. The SMILES string of the molecule is CC(CNc1snc2ccccc12)C1CC1. The van der Waals surface area contributed by atoms with Crippen molar-refractivity contribution in [1.82, 2.24) is 4.37 Å². The Labute approximate surface area is 99.8 Å². The van der Waals surface area contributed by atoms with E-state index in [0.29, 0.717) is 0 Å². The number of fused-ring (bicyclic) bond motifs is 1. The summed E-state index contributed by atoms with van der Waals surface area (Å²) in [6.07, 6.45) is 2.85. The average molecular weight is 232 g/mol. The standard InChI is InChI=1S/C13H16N2S/c1-9(10-6-7-10)8-14-13-11-4-2-3-5-12(11)15-16-13/h2-5,9-10,14H,6-8H2,1H3. The molecular weight excluding hydrogens is 216 g/mol. The monoisotopic (exact) mass is 232 g/mol. The van der Waals surface area contributed by atoms with Crippen LogP contribution in [0, 0.1) is 11.8 Å². The molecule has 3 heteroatoms. The van der Waals surface area contributed by atoms with Crippen LogP contribution in [0.25, 0.3) is 10.9 Å². The number of hydrogen-bond acceptors (Lipinski definition) is 3. The van der Waals surface area contributed by atoms with Crippen molar-refractivity contribution in [2.24, 2.45) is 11.8 Å². The molecule has 1 unspecified atom stereocenters. The largest absolute Gasteiger partial charge is 0.375 e. The molecule has 3 rings (SSSR count). The molecule has 0 bridgehead atoms. The molecule has 84 valence electrons. The maximum Gasteiger partial charge on any atom is 0.117 e. The van der Waals surface area contributed by atoms with Gasteiger partial charge in [0, 0.05) is 11.9 Å². The second kappa shape index (κ2) is 4.06. The smallest absolute Gasteiger partial charge is 0.117 e. The summed E-state index contributed by atoms with van der Waals surface area (Å²) in [6, 6.07) is 8.33. The van der Waals surface area contributed by atoms with Gasteiger partial charge in [-0.05, 0) is 48.3 Å². The lowest BCUT2D eigenvalue weighted by Crippen LogP contribution is -2.12. The molecule has 0 aliphatic heterocycles. The molecule has 1 heterocycles. The van der Waals surface area contributed by atoms with Gasteiger partial charge in [0.15, 0.2) is 0 Å². The molecule has 1 saturated carbocycles. The van der Waals surface area contributed by atoms with E-state index in [1.165, 1.54) is 23.2 Å². The molecule has 1 aliphatic carbocycles. The Bertz CT molecular complexity index is 487. The molecule has 16 heavy (non-hydrogen) atoms. The van der Waals surface area contributed by atoms with E-state index in [2.05, 4.69) is 34.8 Å². The fraction of sp³-hybridized carbons (Fsp3) is 0.462. The van der Waals surface area contributed by atoms with Crippen LogP contribution < -0.4 is 5.32 Å². The quantitative estimate of drug-likeness (QED) is 0.868. The zero-order chi connectivity index (χ0) is 11.0. The molecule has 1 atom stereocenters. The average Bonchev–Trinajstić information content (AvgIpc) is 3.08. The summed E-state index contributed by atoms with van der Waals surface area (Å²) >= 11 is 1.58. The number of anilines is 1. The minimum Gasteiger partial charge on any atom is -0.375 e. The van der Waals surface area contributed by atoms with Crippen LogP contribution in [0.3, 0.4) is 0 Å². The topological polar surface area (TPSA) is 24.9 Å². The van der Waals surface area contributed by atoms with E-state index in [9.17, 15) is 0 Å². The fourth-order valence-corrected chi connectivity index (χ4v) is 2.87. The molecule has 1 aromatic carbocycles. The van der Waals surface area contributed by atoms with E-state index < -0.39 is 0 Å². The first kappa shape index (κ1) is 10.1. The van der Waals surface area contributed by atoms with Crippen molar-refractivity contribution >= 4 is 27.4 Å². The van der Waals surface area contributed by atoms with Gasteiger partial charge in [-0.25, -0.2) is 0 Å². The lowest BCUT2D eigenvalue weighted by Gasteiger charge is -2.10. The molecule has 1 fully saturated rings. The summed E-state index contributed by atoms with van der Waals surface area (Å²) in [7, 11) is 0. The Morgan fingerprint density at radius 2 is 2.25 bits per heavy atom. The zero-order valence-electron chi connectivity index (χ0n) is 9.44. The van der Waals surface area contributed by atoms with Gasteiger partial charge in [0.05, 0.1) is 5.52 Å². The molecule has 0 saturated heterocycles. The number of benzene rings is 1. The first-order chi connectivity index (χ1) is 7.84. The summed E-state index contributed by atoms with van der Waals surface area (Å²) in [4.78, 5) is 0. The molecule has 0 amide bonds. The van der Waals surface area contributed by atoms with Gasteiger partial charge in [0.25, 0.3) is 0 Å². The van der Waals surface area contributed by atoms with Crippen molar-refractivity contribution in [2.75, 3.05) is 11.9 Å². The van der Waals surface area contributed by atoms with Gasteiger partial charge < -0.3 is 5.32 Å². The molecule has 1 N–H and O–H groups in total. The molecule has 2 nitrogen and oxygen atoms in total. The van der Waals surface area contributed by atoms with Gasteiger partial charge in [-0.15, -0.1) is 0 Å². The number of aromatic nitrogens is 1. The van der Waals surface area contributed by atoms with Gasteiger partial charge >= 0.3 is 0 Å². The molecule has 1 aromatic heterocycles. The highest BCUT2D eigenvalue weighted by Crippen LogP contribution is 2.37. The summed E-state index contributed by atoms with van der Waals surface area (Å²) in [5.41, 5.74) is 1.11. The van der Waals surface area contributed by atoms with Gasteiger partial charge in [-0.1, -0.05) is 19.1 Å². The minimum atomic E-state index is 0.792. The fourth-order valence-electron chi connectivity index (χ4n) is 2.10. The predicted molar refractivity (Wildman–Crippen MR) is 70.0 cm³/mol. The van der Waals surface area contributed by atoms with E-state index in [1.807, 2.05) is 6.07 Å². The molecule has 0 spiro atoms. The number of rotatable bonds is 4. The maximum atomic E-state index is 4.44. The van der Waals surface area contributed by atoms with Crippen molar-refractivity contribution in [1.29, 1.82) is 0 Å². The van der Waals surface area contributed by atoms with Gasteiger partial charge in [0.1, 0.15) is 5.00 Å². The van der Waals surface area contributed by atoms with Crippen LogP contribution in [0.1, 0.15) is 19.8 Å². The van der Waals surface area contributed by atoms with Gasteiger partial charge in [0.2, 0.25) is 0 Å². The van der Waals surface area contributed by atoms with E-state index in [1.54, 1.807) is 11.5 Å². The van der Waals surface area contributed by atoms with Crippen LogP contribution >= 0.6 is 11.5 Å². The Morgan fingerprint density at radius 3 is 3.06 bits per heavy atom. The second-order valence-electron chi connectivity index (χ2n) is 4.72. The van der Waals surface area contributed by atoms with E-state index >= 15 is 0 Å². The van der Waals surface area contributed by atoms with Crippen molar-refractivity contribution in [3.63, 3.8) is 0 Å². The number of hydrogen-bond donors (Lipinski definition) is 1. The van der Waals surface area contributed by atoms with Crippen molar-refractivity contribution < 1.29 is 0 Å². The zero-order valence-corrected chi connectivity index (χ0v) is 10.3. The lowest BCUT2D eigenvalue weighted by molar-refractivity contribution is 0.537. The molecule has 2 aromatic rings. The van der Waals surface area contributed by atoms with E-state index in [4.69, 9.17) is 0 Å². The van der Waals surface area contributed by atoms with E-state index in [0.717, 1.165) is 23.9 Å². The van der Waals surface area contributed by atoms with Crippen LogP contribution in [0.2, 0.25) is 0 Å². The maximum absolute atomic E-state index is 4.44.